The third kappa shape index (κ3) is 6.50. The molecule has 1 atom stereocenters. The summed E-state index contributed by atoms with van der Waals surface area (Å²) in [6.45, 7) is 3.61. The summed E-state index contributed by atoms with van der Waals surface area (Å²) >= 11 is 14.0. The number of imidazole rings is 1. The minimum Gasteiger partial charge on any atom is -0.481 e. The largest absolute Gasteiger partial charge is 0.481 e. The van der Waals surface area contributed by atoms with Crippen molar-refractivity contribution in [3.63, 3.8) is 0 Å². The number of benzene rings is 1. The summed E-state index contributed by atoms with van der Waals surface area (Å²) in [5, 5.41) is 9.94. The van der Waals surface area contributed by atoms with Gasteiger partial charge in [0, 0.05) is 87.2 Å². The van der Waals surface area contributed by atoms with Gasteiger partial charge >= 0.3 is 5.97 Å². The van der Waals surface area contributed by atoms with E-state index in [4.69, 9.17) is 42.6 Å². The smallest absolute Gasteiger partial charge is 0.311 e. The van der Waals surface area contributed by atoms with Gasteiger partial charge in [0.05, 0.1) is 52.4 Å². The van der Waals surface area contributed by atoms with Crippen LogP contribution in [0.1, 0.15) is 59.7 Å². The number of pyridine rings is 2. The number of nitrogens with zero attached hydrogens (tertiary/aromatic N) is 5. The van der Waals surface area contributed by atoms with Gasteiger partial charge in [-0.3, -0.25) is 24.3 Å². The Balaban J connectivity index is 0.951. The highest BCUT2D eigenvalue weighted by atomic mass is 35.5. The monoisotopic (exact) mass is 772 g/mol. The number of halogens is 2. The number of rotatable bonds is 12. The van der Waals surface area contributed by atoms with Crippen molar-refractivity contribution >= 4 is 46.7 Å². The summed E-state index contributed by atoms with van der Waals surface area (Å²) in [5.41, 5.74) is 5.36. The average molecular weight is 774 g/mol. The maximum absolute atomic E-state index is 13.7. The van der Waals surface area contributed by atoms with Crippen LogP contribution < -0.4 is 20.7 Å². The first-order chi connectivity index (χ1) is 26.0. The standard InChI is InChI=1S/C39H42Cl2N8O5/c1-48-29-12-14-49(21-38-18-39(19-38,20-38)37(52)54-3)17-28(29)45-34(48)35(51)46-27-6-4-5-25(31(27)40)33-32(41)24(11-13-43-33)26-9-7-22(36(47-26)53-2)15-42-16-23-8-10-30(50)44-23/h4-7,9,11,13,23,42H,8,10,12,14-21H2,1-3H3,(H,44,50)(H,46,51)/t23-,38?,39?/m0/s1. The van der Waals surface area contributed by atoms with E-state index >= 15 is 0 Å². The maximum atomic E-state index is 13.7. The fourth-order valence-electron chi connectivity index (χ4n) is 8.95. The zero-order valence-corrected chi connectivity index (χ0v) is 31.9. The zero-order chi connectivity index (χ0) is 37.8. The molecular weight excluding hydrogens is 731 g/mol. The van der Waals surface area contributed by atoms with Crippen LogP contribution in [0.4, 0.5) is 5.69 Å². The second-order valence-corrected chi connectivity index (χ2v) is 15.8. The summed E-state index contributed by atoms with van der Waals surface area (Å²) in [4.78, 5) is 53.9. The number of hydrogen-bond acceptors (Lipinski definition) is 10. The van der Waals surface area contributed by atoms with Gasteiger partial charge in [0.2, 0.25) is 11.8 Å². The molecule has 2 bridgehead atoms. The number of methoxy groups -OCH3 is 2. The van der Waals surface area contributed by atoms with Crippen LogP contribution in [-0.2, 0) is 40.9 Å². The maximum Gasteiger partial charge on any atom is 0.311 e. The number of carbonyl (C=O) groups is 3. The number of esters is 1. The van der Waals surface area contributed by atoms with Crippen LogP contribution in [0.15, 0.2) is 42.6 Å². The molecule has 3 aromatic heterocycles. The topological polar surface area (TPSA) is 153 Å². The van der Waals surface area contributed by atoms with E-state index in [1.807, 2.05) is 23.7 Å². The minimum atomic E-state index is -0.372. The van der Waals surface area contributed by atoms with Gasteiger partial charge in [-0.1, -0.05) is 41.4 Å². The summed E-state index contributed by atoms with van der Waals surface area (Å²) in [7, 11) is 4.91. The molecule has 4 aromatic rings. The van der Waals surface area contributed by atoms with Crippen molar-refractivity contribution in [3.8, 4) is 28.4 Å². The van der Waals surface area contributed by atoms with E-state index in [0.29, 0.717) is 71.0 Å². The molecule has 9 rings (SSSR count). The molecule has 0 spiro atoms. The van der Waals surface area contributed by atoms with Gasteiger partial charge in [-0.15, -0.1) is 0 Å². The molecule has 5 aliphatic rings. The summed E-state index contributed by atoms with van der Waals surface area (Å²) in [5.74, 6) is 0.396. The van der Waals surface area contributed by atoms with Crippen molar-refractivity contribution in [2.45, 2.75) is 57.7 Å². The lowest BCUT2D eigenvalue weighted by molar-refractivity contribution is -0.231. The molecule has 1 saturated heterocycles. The van der Waals surface area contributed by atoms with Gasteiger partial charge in [-0.05, 0) is 49.3 Å². The molecular formula is C39H42Cl2N8O5. The lowest BCUT2D eigenvalue weighted by Gasteiger charge is -2.69. The Hall–Kier alpha value is -4.56. The van der Waals surface area contributed by atoms with Gasteiger partial charge in [0.1, 0.15) is 0 Å². The van der Waals surface area contributed by atoms with E-state index < -0.39 is 0 Å². The highest BCUT2D eigenvalue weighted by molar-refractivity contribution is 6.39. The zero-order valence-electron chi connectivity index (χ0n) is 30.4. The number of hydrogen-bond donors (Lipinski definition) is 3. The van der Waals surface area contributed by atoms with Crippen LogP contribution in [-0.4, -0.2) is 82.1 Å². The Kier molecular flexibility index (Phi) is 9.62. The summed E-state index contributed by atoms with van der Waals surface area (Å²) in [6.07, 6.45) is 6.46. The lowest BCUT2D eigenvalue weighted by Crippen LogP contribution is -2.69. The average Bonchev–Trinajstić information content (AvgIpc) is 3.71. The Morgan fingerprint density at radius 2 is 1.85 bits per heavy atom. The molecule has 0 radical (unpaired) electrons. The Morgan fingerprint density at radius 1 is 1.04 bits per heavy atom. The predicted octanol–water partition coefficient (Wildman–Crippen LogP) is 5.18. The Morgan fingerprint density at radius 3 is 2.59 bits per heavy atom. The van der Waals surface area contributed by atoms with Gasteiger partial charge in [-0.2, -0.15) is 0 Å². The molecule has 282 valence electrons. The molecule has 4 fully saturated rings. The summed E-state index contributed by atoms with van der Waals surface area (Å²) in [6, 6.07) is 11.0. The molecule has 1 aromatic carbocycles. The molecule has 3 N–H and O–H groups in total. The van der Waals surface area contributed by atoms with Crippen molar-refractivity contribution < 1.29 is 23.9 Å². The molecule has 0 unspecified atom stereocenters. The van der Waals surface area contributed by atoms with Gasteiger partial charge in [0.15, 0.2) is 5.82 Å². The van der Waals surface area contributed by atoms with Gasteiger partial charge < -0.3 is 30.0 Å². The van der Waals surface area contributed by atoms with Crippen molar-refractivity contribution in [2.24, 2.45) is 17.9 Å². The van der Waals surface area contributed by atoms with Crippen molar-refractivity contribution in [1.82, 2.24) is 35.1 Å². The second kappa shape index (κ2) is 14.3. The number of nitrogens with one attached hydrogen (secondary N) is 3. The van der Waals surface area contributed by atoms with Crippen LogP contribution in [0.5, 0.6) is 5.88 Å². The van der Waals surface area contributed by atoms with E-state index in [1.165, 1.54) is 7.11 Å². The highest BCUT2D eigenvalue weighted by Crippen LogP contribution is 2.73. The summed E-state index contributed by atoms with van der Waals surface area (Å²) < 4.78 is 12.5. The molecule has 3 aliphatic carbocycles. The number of fused-ring (bicyclic) bond motifs is 1. The fourth-order valence-corrected chi connectivity index (χ4v) is 9.53. The number of anilines is 1. The van der Waals surface area contributed by atoms with Gasteiger partial charge in [-0.25, -0.2) is 9.97 Å². The van der Waals surface area contributed by atoms with E-state index in [1.54, 1.807) is 37.6 Å². The third-order valence-corrected chi connectivity index (χ3v) is 12.2. The number of carbonyl (C=O) groups excluding carboxylic acids is 3. The predicted molar refractivity (Wildman–Crippen MR) is 203 cm³/mol. The van der Waals surface area contributed by atoms with Crippen LogP contribution in [0.25, 0.3) is 22.5 Å². The first kappa shape index (κ1) is 36.4. The number of aromatic nitrogens is 4. The SMILES string of the molecule is COC(=O)C12CC(CN3CCc4c(nc(C(=O)Nc5cccc(-c6nccc(-c7ccc(CNC[C@@H]8CCC(=O)N8)c(OC)n7)c6Cl)c5Cl)n4C)C3)(C1)C2. The van der Waals surface area contributed by atoms with Crippen LogP contribution in [0.2, 0.25) is 10.0 Å². The van der Waals surface area contributed by atoms with Crippen LogP contribution >= 0.6 is 23.2 Å². The highest BCUT2D eigenvalue weighted by Gasteiger charge is 2.72. The van der Waals surface area contributed by atoms with Crippen molar-refractivity contribution in [1.29, 1.82) is 0 Å². The van der Waals surface area contributed by atoms with E-state index in [2.05, 4.69) is 25.8 Å². The van der Waals surface area contributed by atoms with E-state index in [9.17, 15) is 14.4 Å². The molecule has 54 heavy (non-hydrogen) atoms. The quantitative estimate of drug-likeness (QED) is 0.164. The first-order valence-corrected chi connectivity index (χ1v) is 18.9. The number of ether oxygens (including phenoxy) is 2. The Labute approximate surface area is 323 Å². The normalized spacial score (nSPS) is 22.8. The molecule has 13 nitrogen and oxygen atoms in total. The Bertz CT molecular complexity index is 2150. The van der Waals surface area contributed by atoms with Crippen LogP contribution in [0.3, 0.4) is 0 Å². The van der Waals surface area contributed by atoms with E-state index in [-0.39, 0.29) is 39.7 Å². The van der Waals surface area contributed by atoms with Crippen LogP contribution in [0, 0.1) is 10.8 Å². The molecule has 2 aliphatic heterocycles. The van der Waals surface area contributed by atoms with Gasteiger partial charge in [0.25, 0.3) is 5.91 Å². The lowest BCUT2D eigenvalue weighted by atomic mass is 9.35. The molecule has 15 heteroatoms. The third-order valence-electron chi connectivity index (χ3n) is 11.4. The first-order valence-electron chi connectivity index (χ1n) is 18.2. The fraction of sp³-hybridized carbons (Fsp3) is 0.436. The van der Waals surface area contributed by atoms with E-state index in [0.717, 1.165) is 62.1 Å². The molecule has 3 saturated carbocycles. The molecule has 5 heterocycles. The minimum absolute atomic E-state index is 0.0810. The number of amides is 2. The van der Waals surface area contributed by atoms with Crippen molar-refractivity contribution in [2.75, 3.05) is 39.2 Å². The molecule has 2 amide bonds. The van der Waals surface area contributed by atoms with Crippen molar-refractivity contribution in [3.05, 3.63) is 75.4 Å². The second-order valence-electron chi connectivity index (χ2n) is 15.1.